The van der Waals surface area contributed by atoms with Crippen molar-refractivity contribution in [1.82, 2.24) is 0 Å². The molecule has 1 atom stereocenters. The molecule has 0 aliphatic carbocycles. The Kier molecular flexibility index (Phi) is 8.43. The van der Waals surface area contributed by atoms with Crippen molar-refractivity contribution < 1.29 is 28.8 Å². The van der Waals surface area contributed by atoms with Gasteiger partial charge in [-0.2, -0.15) is 0 Å². The lowest BCUT2D eigenvalue weighted by atomic mass is 9.99. The lowest BCUT2D eigenvalue weighted by Gasteiger charge is -2.18. The van der Waals surface area contributed by atoms with Gasteiger partial charge in [-0.1, -0.05) is 48.5 Å². The molecule has 0 spiro atoms. The van der Waals surface area contributed by atoms with Crippen LogP contribution in [0.4, 0.5) is 11.4 Å². The number of nitro groups is 1. The number of ketones is 1. The lowest BCUT2D eigenvalue weighted by Crippen LogP contribution is -2.21. The van der Waals surface area contributed by atoms with Gasteiger partial charge in [0.15, 0.2) is 12.7 Å². The zero-order chi connectivity index (χ0) is 27.8. The van der Waals surface area contributed by atoms with E-state index in [-0.39, 0.29) is 23.8 Å². The number of hydrogen-bond donors (Lipinski definition) is 1. The Balaban J connectivity index is 1.44. The molecule has 1 amide bonds. The zero-order valence-corrected chi connectivity index (χ0v) is 20.9. The second kappa shape index (κ2) is 12.3. The first-order valence-electron chi connectivity index (χ1n) is 11.9. The highest BCUT2D eigenvalue weighted by atomic mass is 16.6. The molecule has 9 heteroatoms. The molecule has 0 aliphatic heterocycles. The van der Waals surface area contributed by atoms with Crippen LogP contribution < -0.4 is 10.1 Å². The molecule has 39 heavy (non-hydrogen) atoms. The van der Waals surface area contributed by atoms with Gasteiger partial charge in [0.1, 0.15) is 5.75 Å². The Labute approximate surface area is 224 Å². The minimum absolute atomic E-state index is 0.150. The lowest BCUT2D eigenvalue weighted by molar-refractivity contribution is -0.384. The van der Waals surface area contributed by atoms with Crippen LogP contribution in [0.25, 0.3) is 0 Å². The summed E-state index contributed by atoms with van der Waals surface area (Å²) in [6.07, 6.45) is -1.32. The normalized spacial score (nSPS) is 11.2. The molecule has 0 bridgehead atoms. The van der Waals surface area contributed by atoms with Gasteiger partial charge in [0, 0.05) is 28.9 Å². The van der Waals surface area contributed by atoms with Gasteiger partial charge in [0.25, 0.3) is 11.6 Å². The highest BCUT2D eigenvalue weighted by molar-refractivity contribution is 6.02. The molecule has 196 valence electrons. The number of amides is 1. The van der Waals surface area contributed by atoms with Crippen molar-refractivity contribution >= 4 is 29.0 Å². The van der Waals surface area contributed by atoms with Crippen LogP contribution in [-0.2, 0) is 9.53 Å². The van der Waals surface area contributed by atoms with E-state index in [1.54, 1.807) is 36.4 Å². The first-order chi connectivity index (χ1) is 18.8. The number of para-hydroxylation sites is 1. The zero-order valence-electron chi connectivity index (χ0n) is 20.9. The molecule has 1 N–H and O–H groups in total. The average molecular weight is 525 g/mol. The van der Waals surface area contributed by atoms with Crippen molar-refractivity contribution in [3.8, 4) is 5.75 Å². The molecule has 0 aliphatic rings. The third kappa shape index (κ3) is 6.92. The number of rotatable bonds is 10. The van der Waals surface area contributed by atoms with Crippen molar-refractivity contribution in [3.63, 3.8) is 0 Å². The molecular formula is C30H24N2O7. The van der Waals surface area contributed by atoms with E-state index in [4.69, 9.17) is 9.47 Å². The van der Waals surface area contributed by atoms with Crippen LogP contribution in [-0.4, -0.2) is 29.2 Å². The van der Waals surface area contributed by atoms with Gasteiger partial charge in [0.2, 0.25) is 5.78 Å². The summed E-state index contributed by atoms with van der Waals surface area (Å²) in [5.41, 5.74) is 1.96. The number of non-ortho nitro benzene ring substituents is 1. The Morgan fingerprint density at radius 2 is 1.46 bits per heavy atom. The Morgan fingerprint density at radius 1 is 0.821 bits per heavy atom. The molecular weight excluding hydrogens is 500 g/mol. The molecule has 9 nitrogen and oxygen atoms in total. The topological polar surface area (TPSA) is 125 Å². The predicted octanol–water partition coefficient (Wildman–Crippen LogP) is 5.70. The number of nitro benzene ring substituents is 1. The molecule has 0 aromatic heterocycles. The van der Waals surface area contributed by atoms with E-state index in [9.17, 15) is 24.5 Å². The molecule has 0 radical (unpaired) electrons. The summed E-state index contributed by atoms with van der Waals surface area (Å²) in [6, 6.07) is 26.9. The van der Waals surface area contributed by atoms with Crippen molar-refractivity contribution in [2.45, 2.75) is 13.0 Å². The molecule has 0 saturated heterocycles. The van der Waals surface area contributed by atoms with Crippen LogP contribution >= 0.6 is 0 Å². The number of benzene rings is 4. The Morgan fingerprint density at radius 3 is 2.10 bits per heavy atom. The molecule has 0 saturated carbocycles. The first-order valence-corrected chi connectivity index (χ1v) is 11.9. The molecule has 4 aromatic carbocycles. The van der Waals surface area contributed by atoms with Crippen molar-refractivity contribution in [2.75, 3.05) is 11.9 Å². The predicted molar refractivity (Wildman–Crippen MR) is 144 cm³/mol. The van der Waals surface area contributed by atoms with Crippen LogP contribution in [0.3, 0.4) is 0 Å². The Hall–Kier alpha value is -5.31. The maximum Gasteiger partial charge on any atom is 0.339 e. The van der Waals surface area contributed by atoms with Crippen molar-refractivity contribution in [1.29, 1.82) is 0 Å². The monoisotopic (exact) mass is 524 g/mol. The quantitative estimate of drug-likeness (QED) is 0.122. The summed E-state index contributed by atoms with van der Waals surface area (Å²) in [7, 11) is 0. The third-order valence-electron chi connectivity index (χ3n) is 5.78. The van der Waals surface area contributed by atoms with Gasteiger partial charge >= 0.3 is 5.97 Å². The number of aryl methyl sites for hydroxylation is 1. The van der Waals surface area contributed by atoms with Gasteiger partial charge in [-0.3, -0.25) is 19.7 Å². The largest absolute Gasteiger partial charge is 0.483 e. The molecule has 4 aromatic rings. The third-order valence-corrected chi connectivity index (χ3v) is 5.78. The number of anilines is 1. The summed E-state index contributed by atoms with van der Waals surface area (Å²) in [6.45, 7) is 1.69. The molecule has 4 rings (SSSR count). The summed E-state index contributed by atoms with van der Waals surface area (Å²) in [5.74, 6) is -1.02. The fraction of sp³-hybridized carbons (Fsp3) is 0.100. The van der Waals surface area contributed by atoms with Crippen molar-refractivity contribution in [3.05, 3.63) is 135 Å². The van der Waals surface area contributed by atoms with Crippen LogP contribution in [0.1, 0.15) is 37.9 Å². The fourth-order valence-corrected chi connectivity index (χ4v) is 3.72. The molecule has 0 heterocycles. The minimum atomic E-state index is -1.32. The number of carbonyl (C=O) groups excluding carboxylic acids is 3. The van der Waals surface area contributed by atoms with Gasteiger partial charge in [-0.05, 0) is 55.0 Å². The van der Waals surface area contributed by atoms with E-state index >= 15 is 0 Å². The number of ether oxygens (including phenoxy) is 2. The summed E-state index contributed by atoms with van der Waals surface area (Å²) in [5, 5.41) is 13.7. The maximum atomic E-state index is 13.2. The SMILES string of the molecule is Cc1ccccc1OCC(=O)Nc1ccc(C(=O)O[C@@H](C(=O)c2ccccc2)c2ccc([N+](=O)[O-])cc2)cc1. The van der Waals surface area contributed by atoms with Crippen LogP contribution in [0.5, 0.6) is 5.75 Å². The van der Waals surface area contributed by atoms with Gasteiger partial charge in [-0.15, -0.1) is 0 Å². The first kappa shape index (κ1) is 26.7. The van der Waals surface area contributed by atoms with Crippen LogP contribution in [0.15, 0.2) is 103 Å². The number of Topliss-reactive ketones (excluding diaryl/α,β-unsaturated/α-hetero) is 1. The number of nitrogens with zero attached hydrogens (tertiary/aromatic N) is 1. The highest BCUT2D eigenvalue weighted by Crippen LogP contribution is 2.26. The van der Waals surface area contributed by atoms with Crippen LogP contribution in [0, 0.1) is 17.0 Å². The smallest absolute Gasteiger partial charge is 0.339 e. The van der Waals surface area contributed by atoms with Gasteiger partial charge in [-0.25, -0.2) is 4.79 Å². The number of hydrogen-bond acceptors (Lipinski definition) is 7. The van der Waals surface area contributed by atoms with Gasteiger partial charge in [0.05, 0.1) is 10.5 Å². The van der Waals surface area contributed by atoms with Gasteiger partial charge < -0.3 is 14.8 Å². The highest BCUT2D eigenvalue weighted by Gasteiger charge is 2.27. The fourth-order valence-electron chi connectivity index (χ4n) is 3.72. The second-order valence-corrected chi connectivity index (χ2v) is 8.54. The molecule has 0 unspecified atom stereocenters. The summed E-state index contributed by atoms with van der Waals surface area (Å²) in [4.78, 5) is 49.0. The minimum Gasteiger partial charge on any atom is -0.483 e. The van der Waals surface area contributed by atoms with Crippen LogP contribution in [0.2, 0.25) is 0 Å². The maximum absolute atomic E-state index is 13.2. The van der Waals surface area contributed by atoms with E-state index in [1.165, 1.54) is 48.5 Å². The van der Waals surface area contributed by atoms with E-state index in [2.05, 4.69) is 5.32 Å². The second-order valence-electron chi connectivity index (χ2n) is 8.54. The van der Waals surface area contributed by atoms with Crippen molar-refractivity contribution in [2.24, 2.45) is 0 Å². The van der Waals surface area contributed by atoms with E-state index in [0.717, 1.165) is 5.56 Å². The standard InChI is InChI=1S/C30H24N2O7/c1-20-7-5-6-10-26(20)38-19-27(33)31-24-15-11-23(12-16-24)30(35)39-29(28(34)21-8-3-2-4-9-21)22-13-17-25(18-14-22)32(36)37/h2-18,29H,19H2,1H3,(H,31,33)/t29-/m1/s1. The average Bonchev–Trinajstić information content (AvgIpc) is 2.96. The van der Waals surface area contributed by atoms with E-state index < -0.39 is 22.8 Å². The summed E-state index contributed by atoms with van der Waals surface area (Å²) < 4.78 is 11.1. The summed E-state index contributed by atoms with van der Waals surface area (Å²) >= 11 is 0. The molecule has 0 fully saturated rings. The number of carbonyl (C=O) groups is 3. The Bertz CT molecular complexity index is 1480. The number of esters is 1. The van der Waals surface area contributed by atoms with E-state index in [0.29, 0.717) is 22.6 Å². The van der Waals surface area contributed by atoms with E-state index in [1.807, 2.05) is 25.1 Å². The number of nitrogens with one attached hydrogen (secondary N) is 1.